The molecule has 62 valence electrons. The summed E-state index contributed by atoms with van der Waals surface area (Å²) in [5.41, 5.74) is 0.466. The molecule has 1 spiro atoms. The average Bonchev–Trinajstić information content (AvgIpc) is 2.57. The van der Waals surface area contributed by atoms with Gasteiger partial charge in [-0.15, -0.1) is 11.6 Å². The standard InChI is InChI=1S/C8H12ClNO/c1-6(11)10-4-8(5-10)2-7(8)3-9/h7H,2-5H2,1H3. The molecule has 2 rings (SSSR count). The molecule has 1 aliphatic heterocycles. The van der Waals surface area contributed by atoms with Gasteiger partial charge in [0.15, 0.2) is 0 Å². The van der Waals surface area contributed by atoms with Crippen molar-refractivity contribution in [3.05, 3.63) is 0 Å². The number of carbonyl (C=O) groups is 1. The van der Waals surface area contributed by atoms with E-state index < -0.39 is 0 Å². The van der Waals surface area contributed by atoms with Crippen LogP contribution in [0.4, 0.5) is 0 Å². The first-order chi connectivity index (χ1) is 5.18. The minimum absolute atomic E-state index is 0.204. The third-order valence-electron chi connectivity index (χ3n) is 3.00. The van der Waals surface area contributed by atoms with Crippen molar-refractivity contribution in [2.24, 2.45) is 11.3 Å². The average molecular weight is 174 g/mol. The van der Waals surface area contributed by atoms with Gasteiger partial charge in [-0.3, -0.25) is 4.79 Å². The van der Waals surface area contributed by atoms with Crippen molar-refractivity contribution in [3.63, 3.8) is 0 Å². The molecular formula is C8H12ClNO. The van der Waals surface area contributed by atoms with Crippen LogP contribution < -0.4 is 0 Å². The van der Waals surface area contributed by atoms with E-state index in [1.54, 1.807) is 6.92 Å². The molecule has 0 aromatic carbocycles. The van der Waals surface area contributed by atoms with Gasteiger partial charge in [-0.2, -0.15) is 0 Å². The fraction of sp³-hybridized carbons (Fsp3) is 0.875. The number of hydrogen-bond acceptors (Lipinski definition) is 1. The fourth-order valence-electron chi connectivity index (χ4n) is 1.97. The summed E-state index contributed by atoms with van der Waals surface area (Å²) in [7, 11) is 0. The van der Waals surface area contributed by atoms with Crippen LogP contribution in [0.25, 0.3) is 0 Å². The minimum Gasteiger partial charge on any atom is -0.342 e. The van der Waals surface area contributed by atoms with Crippen LogP contribution in [-0.4, -0.2) is 29.8 Å². The molecule has 1 unspecified atom stereocenters. The minimum atomic E-state index is 0.204. The summed E-state index contributed by atoms with van der Waals surface area (Å²) < 4.78 is 0. The molecule has 11 heavy (non-hydrogen) atoms. The van der Waals surface area contributed by atoms with Gasteiger partial charge < -0.3 is 4.90 Å². The lowest BCUT2D eigenvalue weighted by molar-refractivity contribution is -0.136. The predicted octanol–water partition coefficient (Wildman–Crippen LogP) is 1.09. The first kappa shape index (κ1) is 7.41. The van der Waals surface area contributed by atoms with Crippen molar-refractivity contribution in [2.45, 2.75) is 13.3 Å². The zero-order valence-corrected chi connectivity index (χ0v) is 7.40. The molecule has 0 aromatic rings. The van der Waals surface area contributed by atoms with Crippen LogP contribution in [0.3, 0.4) is 0 Å². The first-order valence-corrected chi connectivity index (χ1v) is 4.53. The van der Waals surface area contributed by atoms with E-state index in [0.717, 1.165) is 19.0 Å². The van der Waals surface area contributed by atoms with Gasteiger partial charge in [0.1, 0.15) is 0 Å². The number of halogens is 1. The van der Waals surface area contributed by atoms with Crippen LogP contribution in [0, 0.1) is 11.3 Å². The Labute approximate surface area is 71.5 Å². The van der Waals surface area contributed by atoms with Crippen molar-refractivity contribution in [2.75, 3.05) is 19.0 Å². The molecule has 2 aliphatic rings. The summed E-state index contributed by atoms with van der Waals surface area (Å²) in [5.74, 6) is 1.67. The zero-order valence-electron chi connectivity index (χ0n) is 6.64. The summed E-state index contributed by atoms with van der Waals surface area (Å²) in [4.78, 5) is 12.7. The van der Waals surface area contributed by atoms with Gasteiger partial charge in [0.2, 0.25) is 5.91 Å². The summed E-state index contributed by atoms with van der Waals surface area (Å²) >= 11 is 5.72. The summed E-state index contributed by atoms with van der Waals surface area (Å²) in [6.45, 7) is 3.55. The molecule has 1 amide bonds. The van der Waals surface area contributed by atoms with Crippen LogP contribution in [0.2, 0.25) is 0 Å². The van der Waals surface area contributed by atoms with Crippen molar-refractivity contribution in [1.29, 1.82) is 0 Å². The lowest BCUT2D eigenvalue weighted by Gasteiger charge is -2.40. The quantitative estimate of drug-likeness (QED) is 0.544. The fourth-order valence-corrected chi connectivity index (χ4v) is 2.41. The van der Waals surface area contributed by atoms with Crippen molar-refractivity contribution >= 4 is 17.5 Å². The van der Waals surface area contributed by atoms with Gasteiger partial charge in [-0.1, -0.05) is 0 Å². The molecule has 0 bridgehead atoms. The number of rotatable bonds is 1. The molecule has 1 saturated heterocycles. The third-order valence-corrected chi connectivity index (χ3v) is 3.37. The number of nitrogens with zero attached hydrogens (tertiary/aromatic N) is 1. The van der Waals surface area contributed by atoms with Gasteiger partial charge in [-0.25, -0.2) is 0 Å². The maximum Gasteiger partial charge on any atom is 0.219 e. The van der Waals surface area contributed by atoms with E-state index in [1.165, 1.54) is 6.42 Å². The topological polar surface area (TPSA) is 20.3 Å². The highest BCUT2D eigenvalue weighted by Crippen LogP contribution is 2.58. The lowest BCUT2D eigenvalue weighted by atomic mass is 9.94. The Morgan fingerprint density at radius 3 is 2.73 bits per heavy atom. The second-order valence-corrected chi connectivity index (χ2v) is 4.10. The molecule has 1 heterocycles. The molecule has 1 saturated carbocycles. The Morgan fingerprint density at radius 2 is 2.36 bits per heavy atom. The Kier molecular flexibility index (Phi) is 1.43. The number of likely N-dealkylation sites (tertiary alicyclic amines) is 1. The van der Waals surface area contributed by atoms with E-state index in [0.29, 0.717) is 11.3 Å². The van der Waals surface area contributed by atoms with Gasteiger partial charge in [0.25, 0.3) is 0 Å². The molecule has 1 aliphatic carbocycles. The maximum absolute atomic E-state index is 10.8. The number of amides is 1. The summed E-state index contributed by atoms with van der Waals surface area (Å²) in [6.07, 6.45) is 1.24. The van der Waals surface area contributed by atoms with Crippen LogP contribution in [0.15, 0.2) is 0 Å². The molecule has 2 nitrogen and oxygen atoms in total. The Hall–Kier alpha value is -0.240. The highest BCUT2D eigenvalue weighted by Gasteiger charge is 2.61. The van der Waals surface area contributed by atoms with Gasteiger partial charge in [0, 0.05) is 31.3 Å². The summed E-state index contributed by atoms with van der Waals surface area (Å²) in [6, 6.07) is 0. The Bertz CT molecular complexity index is 198. The van der Waals surface area contributed by atoms with Crippen molar-refractivity contribution in [3.8, 4) is 0 Å². The van der Waals surface area contributed by atoms with Gasteiger partial charge in [-0.05, 0) is 12.3 Å². The highest BCUT2D eigenvalue weighted by atomic mass is 35.5. The van der Waals surface area contributed by atoms with E-state index in [4.69, 9.17) is 11.6 Å². The first-order valence-electron chi connectivity index (χ1n) is 3.99. The normalized spacial score (nSPS) is 31.8. The molecule has 0 N–H and O–H groups in total. The number of carbonyl (C=O) groups excluding carboxylic acids is 1. The molecule has 3 heteroatoms. The van der Waals surface area contributed by atoms with Crippen LogP contribution in [0.5, 0.6) is 0 Å². The molecule has 0 radical (unpaired) electrons. The third kappa shape index (κ3) is 0.959. The van der Waals surface area contributed by atoms with E-state index in [1.807, 2.05) is 4.90 Å². The van der Waals surface area contributed by atoms with Crippen LogP contribution in [0.1, 0.15) is 13.3 Å². The predicted molar refractivity (Wildman–Crippen MR) is 43.5 cm³/mol. The van der Waals surface area contributed by atoms with Crippen molar-refractivity contribution < 1.29 is 4.79 Å². The smallest absolute Gasteiger partial charge is 0.219 e. The zero-order chi connectivity index (χ0) is 8.06. The van der Waals surface area contributed by atoms with E-state index >= 15 is 0 Å². The Morgan fingerprint density at radius 1 is 1.73 bits per heavy atom. The van der Waals surface area contributed by atoms with Gasteiger partial charge >= 0.3 is 0 Å². The number of alkyl halides is 1. The monoisotopic (exact) mass is 173 g/mol. The van der Waals surface area contributed by atoms with Gasteiger partial charge in [0.05, 0.1) is 0 Å². The Balaban J connectivity index is 1.85. The maximum atomic E-state index is 10.8. The molecule has 1 atom stereocenters. The molecular weight excluding hydrogens is 162 g/mol. The van der Waals surface area contributed by atoms with Crippen LogP contribution in [-0.2, 0) is 4.79 Å². The second-order valence-electron chi connectivity index (χ2n) is 3.79. The highest BCUT2D eigenvalue weighted by molar-refractivity contribution is 6.18. The SMILES string of the molecule is CC(=O)N1CC2(CC2CCl)C1. The van der Waals surface area contributed by atoms with E-state index in [2.05, 4.69) is 0 Å². The molecule has 0 aromatic heterocycles. The number of hydrogen-bond donors (Lipinski definition) is 0. The summed E-state index contributed by atoms with van der Waals surface area (Å²) in [5, 5.41) is 0. The van der Waals surface area contributed by atoms with Crippen molar-refractivity contribution in [1.82, 2.24) is 4.90 Å². The lowest BCUT2D eigenvalue weighted by Crippen LogP contribution is -2.51. The largest absolute Gasteiger partial charge is 0.342 e. The van der Waals surface area contributed by atoms with E-state index in [9.17, 15) is 4.79 Å². The van der Waals surface area contributed by atoms with E-state index in [-0.39, 0.29) is 5.91 Å². The molecule has 2 fully saturated rings. The second kappa shape index (κ2) is 2.13. The van der Waals surface area contributed by atoms with Crippen LogP contribution >= 0.6 is 11.6 Å².